The normalized spacial score (nSPS) is 30.7. The fourth-order valence-electron chi connectivity index (χ4n) is 5.97. The standard InChI is InChI=1S/C25H33N3O2S/c1-6-12-28(5)24(30)15(2)18-9-10-25(4)13-19-21(16(3)20(25)22(18)29)27-23(31-19)17-8-7-11-26-14-17/h6-8,11,14-16,18,20,22,29H,1,9-10,12-13H2,2-5H3/t15-,16+,18+,20+,22-,25+/m0/s1. The Kier molecular flexibility index (Phi) is 6.05. The summed E-state index contributed by atoms with van der Waals surface area (Å²) >= 11 is 1.77. The number of aromatic nitrogens is 2. The maximum Gasteiger partial charge on any atom is 0.225 e. The molecule has 0 bridgehead atoms. The van der Waals surface area contributed by atoms with Gasteiger partial charge >= 0.3 is 0 Å². The molecule has 6 heteroatoms. The number of amides is 1. The highest BCUT2D eigenvalue weighted by molar-refractivity contribution is 7.15. The molecule has 2 heterocycles. The van der Waals surface area contributed by atoms with Gasteiger partial charge in [-0.1, -0.05) is 26.8 Å². The number of carbonyl (C=O) groups is 1. The van der Waals surface area contributed by atoms with Crippen LogP contribution >= 0.6 is 11.3 Å². The van der Waals surface area contributed by atoms with Crippen molar-refractivity contribution in [2.75, 3.05) is 13.6 Å². The number of nitrogens with zero attached hydrogens (tertiary/aromatic N) is 3. The molecular formula is C25H33N3O2S. The molecule has 1 saturated carbocycles. The highest BCUT2D eigenvalue weighted by Gasteiger charge is 2.54. The Morgan fingerprint density at radius 3 is 2.97 bits per heavy atom. The van der Waals surface area contributed by atoms with E-state index in [9.17, 15) is 9.90 Å². The van der Waals surface area contributed by atoms with Crippen molar-refractivity contribution < 1.29 is 9.90 Å². The van der Waals surface area contributed by atoms with Gasteiger partial charge < -0.3 is 10.0 Å². The molecule has 0 spiro atoms. The smallest absolute Gasteiger partial charge is 0.225 e. The summed E-state index contributed by atoms with van der Waals surface area (Å²) in [6, 6.07) is 3.99. The number of pyridine rings is 1. The van der Waals surface area contributed by atoms with Crippen molar-refractivity contribution >= 4 is 17.2 Å². The fraction of sp³-hybridized carbons (Fsp3) is 0.560. The Bertz CT molecular complexity index is 959. The van der Waals surface area contributed by atoms with Gasteiger partial charge in [0.1, 0.15) is 5.01 Å². The first-order valence-corrected chi connectivity index (χ1v) is 12.0. The first kappa shape index (κ1) is 22.2. The maximum absolute atomic E-state index is 12.9. The van der Waals surface area contributed by atoms with E-state index < -0.39 is 6.10 Å². The van der Waals surface area contributed by atoms with Gasteiger partial charge in [-0.05, 0) is 48.6 Å². The van der Waals surface area contributed by atoms with Crippen LogP contribution in [0.15, 0.2) is 37.2 Å². The van der Waals surface area contributed by atoms with Gasteiger partial charge in [0.15, 0.2) is 0 Å². The van der Waals surface area contributed by atoms with E-state index >= 15 is 0 Å². The molecule has 31 heavy (non-hydrogen) atoms. The lowest BCUT2D eigenvalue weighted by molar-refractivity contribution is -0.143. The van der Waals surface area contributed by atoms with Gasteiger partial charge in [-0.3, -0.25) is 9.78 Å². The third-order valence-corrected chi connectivity index (χ3v) is 8.76. The molecule has 1 fully saturated rings. The molecule has 2 aromatic heterocycles. The molecule has 6 atom stereocenters. The number of thiazole rings is 1. The quantitative estimate of drug-likeness (QED) is 0.695. The van der Waals surface area contributed by atoms with E-state index in [1.807, 2.05) is 26.2 Å². The van der Waals surface area contributed by atoms with E-state index in [1.54, 1.807) is 28.5 Å². The first-order valence-electron chi connectivity index (χ1n) is 11.2. The van der Waals surface area contributed by atoms with E-state index in [0.717, 1.165) is 35.5 Å². The summed E-state index contributed by atoms with van der Waals surface area (Å²) < 4.78 is 0. The summed E-state index contributed by atoms with van der Waals surface area (Å²) in [5.74, 6) is 0.103. The second-order valence-corrected chi connectivity index (χ2v) is 10.8. The summed E-state index contributed by atoms with van der Waals surface area (Å²) in [7, 11) is 1.81. The second kappa shape index (κ2) is 8.47. The first-order chi connectivity index (χ1) is 14.8. The third kappa shape index (κ3) is 3.85. The maximum atomic E-state index is 12.9. The third-order valence-electron chi connectivity index (χ3n) is 7.64. The number of aliphatic hydroxyl groups is 1. The molecule has 0 unspecified atom stereocenters. The Hall–Kier alpha value is -2.05. The molecule has 0 aliphatic heterocycles. The van der Waals surface area contributed by atoms with Crippen molar-refractivity contribution in [3.63, 3.8) is 0 Å². The van der Waals surface area contributed by atoms with Crippen molar-refractivity contribution in [1.29, 1.82) is 0 Å². The fourth-order valence-corrected chi connectivity index (χ4v) is 7.33. The van der Waals surface area contributed by atoms with Gasteiger partial charge in [0.25, 0.3) is 0 Å². The Morgan fingerprint density at radius 1 is 1.52 bits per heavy atom. The van der Waals surface area contributed by atoms with Crippen LogP contribution in [0.2, 0.25) is 0 Å². The van der Waals surface area contributed by atoms with Crippen LogP contribution in [-0.4, -0.2) is 45.6 Å². The minimum Gasteiger partial charge on any atom is -0.392 e. The molecule has 0 saturated heterocycles. The van der Waals surface area contributed by atoms with Crippen LogP contribution in [-0.2, 0) is 11.2 Å². The van der Waals surface area contributed by atoms with Crippen LogP contribution in [0, 0.1) is 23.2 Å². The van der Waals surface area contributed by atoms with Crippen LogP contribution < -0.4 is 0 Å². The lowest BCUT2D eigenvalue weighted by atomic mass is 9.53. The largest absolute Gasteiger partial charge is 0.392 e. The van der Waals surface area contributed by atoms with Crippen LogP contribution in [0.5, 0.6) is 0 Å². The predicted octanol–water partition coefficient (Wildman–Crippen LogP) is 4.54. The number of likely N-dealkylation sites (N-methyl/N-ethyl adjacent to an activating group) is 1. The summed E-state index contributed by atoms with van der Waals surface area (Å²) in [4.78, 5) is 25.2. The Balaban J connectivity index is 1.61. The number of carbonyl (C=O) groups excluding carboxylic acids is 1. The highest BCUT2D eigenvalue weighted by Crippen LogP contribution is 2.57. The lowest BCUT2D eigenvalue weighted by Gasteiger charge is -2.53. The van der Waals surface area contributed by atoms with Crippen molar-refractivity contribution in [2.45, 2.75) is 52.1 Å². The number of hydrogen-bond acceptors (Lipinski definition) is 5. The SMILES string of the molecule is C=CCN(C)C(=O)[C@@H](C)[C@H]1CC[C@]2(C)Cc3sc(-c4cccnc4)nc3[C@H](C)[C@@H]2[C@H]1O. The summed E-state index contributed by atoms with van der Waals surface area (Å²) in [6.07, 6.45) is 7.71. The van der Waals surface area contributed by atoms with E-state index in [4.69, 9.17) is 4.98 Å². The zero-order chi connectivity index (χ0) is 22.3. The monoisotopic (exact) mass is 439 g/mol. The number of rotatable bonds is 5. The number of hydrogen-bond donors (Lipinski definition) is 1. The molecule has 2 aromatic rings. The zero-order valence-corrected chi connectivity index (χ0v) is 19.7. The van der Waals surface area contributed by atoms with Crippen LogP contribution in [0.25, 0.3) is 10.6 Å². The van der Waals surface area contributed by atoms with E-state index in [1.165, 1.54) is 4.88 Å². The van der Waals surface area contributed by atoms with Crippen molar-refractivity contribution in [1.82, 2.24) is 14.9 Å². The highest BCUT2D eigenvalue weighted by atomic mass is 32.1. The molecule has 1 amide bonds. The van der Waals surface area contributed by atoms with Crippen LogP contribution in [0.4, 0.5) is 0 Å². The molecule has 2 aliphatic rings. The van der Waals surface area contributed by atoms with Crippen LogP contribution in [0.3, 0.4) is 0 Å². The van der Waals surface area contributed by atoms with Gasteiger partial charge in [-0.15, -0.1) is 17.9 Å². The Labute approximate surface area is 189 Å². The van der Waals surface area contributed by atoms with Crippen molar-refractivity contribution in [3.8, 4) is 10.6 Å². The van der Waals surface area contributed by atoms with E-state index in [0.29, 0.717) is 6.54 Å². The van der Waals surface area contributed by atoms with Crippen molar-refractivity contribution in [3.05, 3.63) is 47.8 Å². The predicted molar refractivity (Wildman–Crippen MR) is 125 cm³/mol. The van der Waals surface area contributed by atoms with Gasteiger partial charge in [0.05, 0.1) is 11.8 Å². The summed E-state index contributed by atoms with van der Waals surface area (Å²) in [5, 5.41) is 12.6. The molecule has 0 aromatic carbocycles. The van der Waals surface area contributed by atoms with Crippen molar-refractivity contribution in [2.24, 2.45) is 23.2 Å². The molecule has 5 nitrogen and oxygen atoms in total. The molecular weight excluding hydrogens is 406 g/mol. The average Bonchev–Trinajstić information content (AvgIpc) is 3.17. The van der Waals surface area contributed by atoms with E-state index in [2.05, 4.69) is 31.5 Å². The molecule has 166 valence electrons. The average molecular weight is 440 g/mol. The van der Waals surface area contributed by atoms with Gasteiger partial charge in [-0.25, -0.2) is 4.98 Å². The van der Waals surface area contributed by atoms with Crippen LogP contribution in [0.1, 0.15) is 50.1 Å². The van der Waals surface area contributed by atoms with Gasteiger partial charge in [0.2, 0.25) is 5.91 Å². The summed E-state index contributed by atoms with van der Waals surface area (Å²) in [6.45, 7) is 10.8. The minimum atomic E-state index is -0.512. The number of fused-ring (bicyclic) bond motifs is 2. The summed E-state index contributed by atoms with van der Waals surface area (Å²) in [5.41, 5.74) is 2.19. The Morgan fingerprint density at radius 2 is 2.29 bits per heavy atom. The topological polar surface area (TPSA) is 66.3 Å². The minimum absolute atomic E-state index is 0.0247. The molecule has 4 rings (SSSR count). The molecule has 2 aliphatic carbocycles. The lowest BCUT2D eigenvalue weighted by Crippen LogP contribution is -2.53. The molecule has 0 radical (unpaired) electrons. The zero-order valence-electron chi connectivity index (χ0n) is 18.9. The second-order valence-electron chi connectivity index (χ2n) is 9.70. The molecule has 1 N–H and O–H groups in total. The number of aliphatic hydroxyl groups excluding tert-OH is 1. The van der Waals surface area contributed by atoms with E-state index in [-0.39, 0.29) is 35.0 Å². The van der Waals surface area contributed by atoms with Gasteiger partial charge in [-0.2, -0.15) is 0 Å². The van der Waals surface area contributed by atoms with Gasteiger partial charge in [0, 0.05) is 48.3 Å².